The largest absolute Gasteiger partial charge is 0.465 e. The summed E-state index contributed by atoms with van der Waals surface area (Å²) in [7, 11) is 0. The van der Waals surface area contributed by atoms with Crippen LogP contribution in [0.4, 0.5) is 5.69 Å². The fourth-order valence-electron chi connectivity index (χ4n) is 2.47. The minimum absolute atomic E-state index is 0.0574. The average molecular weight is 318 g/mol. The molecule has 0 fully saturated rings. The molecule has 2 aromatic rings. The fourth-order valence-corrected chi connectivity index (χ4v) is 2.73. The molecule has 0 atom stereocenters. The number of benzene rings is 2. The van der Waals surface area contributed by atoms with Crippen LogP contribution < -0.4 is 5.06 Å². The van der Waals surface area contributed by atoms with Crippen LogP contribution in [0.3, 0.4) is 0 Å². The Hall–Kier alpha value is -2.04. The minimum Gasteiger partial charge on any atom is -0.465 e. The lowest BCUT2D eigenvalue weighted by Gasteiger charge is -2.17. The number of halogens is 1. The topological polar surface area (TPSA) is 38.8 Å². The number of carbonyl (C=O) groups excluding carboxylic acids is 1. The van der Waals surface area contributed by atoms with E-state index < -0.39 is 0 Å². The summed E-state index contributed by atoms with van der Waals surface area (Å²) in [4.78, 5) is 17.2. The summed E-state index contributed by atoms with van der Waals surface area (Å²) in [6, 6.07) is 13.8. The van der Waals surface area contributed by atoms with Gasteiger partial charge in [-0.2, -0.15) is 0 Å². The van der Waals surface area contributed by atoms with Crippen LogP contribution in [0, 0.1) is 0 Å². The zero-order valence-corrected chi connectivity index (χ0v) is 13.0. The molecule has 0 unspecified atom stereocenters. The Morgan fingerprint density at radius 1 is 1.32 bits per heavy atom. The summed E-state index contributed by atoms with van der Waals surface area (Å²) < 4.78 is 4.95. The Morgan fingerprint density at radius 3 is 2.82 bits per heavy atom. The van der Waals surface area contributed by atoms with E-state index in [1.807, 2.05) is 42.5 Å². The third-order valence-electron chi connectivity index (χ3n) is 3.48. The van der Waals surface area contributed by atoms with E-state index in [-0.39, 0.29) is 12.5 Å². The van der Waals surface area contributed by atoms with Crippen LogP contribution in [0.15, 0.2) is 42.5 Å². The maximum absolute atomic E-state index is 11.6. The first-order valence-corrected chi connectivity index (χ1v) is 7.50. The van der Waals surface area contributed by atoms with Crippen LogP contribution in [0.1, 0.15) is 12.5 Å². The highest BCUT2D eigenvalue weighted by Crippen LogP contribution is 2.38. The normalized spacial score (nSPS) is 13.1. The van der Waals surface area contributed by atoms with E-state index in [0.29, 0.717) is 18.2 Å². The number of hydrogen-bond donors (Lipinski definition) is 0. The average Bonchev–Trinajstić information content (AvgIpc) is 2.89. The van der Waals surface area contributed by atoms with E-state index in [9.17, 15) is 4.79 Å². The highest BCUT2D eigenvalue weighted by molar-refractivity contribution is 6.33. The number of rotatable bonds is 4. The summed E-state index contributed by atoms with van der Waals surface area (Å²) in [6.07, 6.45) is 0. The molecule has 1 aliphatic rings. The minimum atomic E-state index is -0.321. The molecule has 0 bridgehead atoms. The van der Waals surface area contributed by atoms with Crippen molar-refractivity contribution in [2.45, 2.75) is 13.5 Å². The van der Waals surface area contributed by atoms with Gasteiger partial charge >= 0.3 is 5.97 Å². The predicted molar refractivity (Wildman–Crippen MR) is 85.7 cm³/mol. The second-order valence-electron chi connectivity index (χ2n) is 4.94. The molecule has 3 rings (SSSR count). The van der Waals surface area contributed by atoms with E-state index in [1.54, 1.807) is 6.92 Å². The molecule has 0 saturated carbocycles. The van der Waals surface area contributed by atoms with Gasteiger partial charge in [-0.25, -0.2) is 5.06 Å². The number of ether oxygens (including phenoxy) is 1. The molecule has 1 heterocycles. The Labute approximate surface area is 134 Å². The van der Waals surface area contributed by atoms with Crippen LogP contribution >= 0.6 is 11.6 Å². The van der Waals surface area contributed by atoms with Gasteiger partial charge in [-0.1, -0.05) is 41.9 Å². The molecule has 4 nitrogen and oxygen atoms in total. The Morgan fingerprint density at radius 2 is 2.09 bits per heavy atom. The van der Waals surface area contributed by atoms with Gasteiger partial charge in [0.2, 0.25) is 0 Å². The van der Waals surface area contributed by atoms with Crippen molar-refractivity contribution in [3.05, 3.63) is 53.1 Å². The third-order valence-corrected chi connectivity index (χ3v) is 3.79. The van der Waals surface area contributed by atoms with Gasteiger partial charge in [-0.3, -0.25) is 9.63 Å². The monoisotopic (exact) mass is 317 g/mol. The molecule has 0 saturated heterocycles. The lowest BCUT2D eigenvalue weighted by molar-refractivity contribution is -0.142. The second kappa shape index (κ2) is 6.38. The van der Waals surface area contributed by atoms with Crippen molar-refractivity contribution in [2.75, 3.05) is 18.2 Å². The molecule has 0 spiro atoms. The molecule has 0 N–H and O–H groups in total. The number of hydroxylamine groups is 1. The van der Waals surface area contributed by atoms with E-state index >= 15 is 0 Å². The van der Waals surface area contributed by atoms with Crippen molar-refractivity contribution >= 4 is 23.3 Å². The van der Waals surface area contributed by atoms with Crippen molar-refractivity contribution in [2.24, 2.45) is 0 Å². The summed E-state index contributed by atoms with van der Waals surface area (Å²) in [5.41, 5.74) is 3.84. The summed E-state index contributed by atoms with van der Waals surface area (Å²) in [5.74, 6) is -0.321. The Balaban J connectivity index is 1.89. The van der Waals surface area contributed by atoms with Gasteiger partial charge in [0.15, 0.2) is 0 Å². The van der Waals surface area contributed by atoms with E-state index in [4.69, 9.17) is 21.2 Å². The molecule has 22 heavy (non-hydrogen) atoms. The highest BCUT2D eigenvalue weighted by atomic mass is 35.5. The molecule has 5 heteroatoms. The molecule has 0 radical (unpaired) electrons. The van der Waals surface area contributed by atoms with Gasteiger partial charge in [-0.05, 0) is 24.6 Å². The molecule has 2 aromatic carbocycles. The van der Waals surface area contributed by atoms with Crippen LogP contribution in [-0.2, 0) is 21.0 Å². The molecule has 0 aliphatic carbocycles. The van der Waals surface area contributed by atoms with Crippen LogP contribution in [-0.4, -0.2) is 19.1 Å². The van der Waals surface area contributed by atoms with Gasteiger partial charge < -0.3 is 4.74 Å². The first kappa shape index (κ1) is 14.9. The first-order valence-electron chi connectivity index (χ1n) is 7.13. The van der Waals surface area contributed by atoms with Crippen LogP contribution in [0.5, 0.6) is 0 Å². The fraction of sp³-hybridized carbons (Fsp3) is 0.235. The Kier molecular flexibility index (Phi) is 4.32. The summed E-state index contributed by atoms with van der Waals surface area (Å²) in [6.45, 7) is 2.61. The Bertz CT molecular complexity index is 688. The maximum Gasteiger partial charge on any atom is 0.328 e. The predicted octanol–water partition coefficient (Wildman–Crippen LogP) is 3.82. The van der Waals surface area contributed by atoms with Crippen molar-refractivity contribution in [3.63, 3.8) is 0 Å². The molecular weight excluding hydrogens is 302 g/mol. The number of anilines is 1. The summed E-state index contributed by atoms with van der Waals surface area (Å²) >= 11 is 6.41. The van der Waals surface area contributed by atoms with Gasteiger partial charge in [0.05, 0.1) is 17.3 Å². The molecule has 1 aliphatic heterocycles. The highest BCUT2D eigenvalue weighted by Gasteiger charge is 2.24. The van der Waals surface area contributed by atoms with Crippen LogP contribution in [0.25, 0.3) is 11.1 Å². The quantitative estimate of drug-likeness (QED) is 0.804. The molecule has 0 amide bonds. The number of nitrogens with zero attached hydrogens (tertiary/aromatic N) is 1. The van der Waals surface area contributed by atoms with Crippen molar-refractivity contribution in [1.82, 2.24) is 0 Å². The van der Waals surface area contributed by atoms with Gasteiger partial charge in [-0.15, -0.1) is 0 Å². The SMILES string of the molecule is CCOC(=O)CN1OCc2cc(-c3ccccc3)c(Cl)cc21. The van der Waals surface area contributed by atoms with Crippen molar-refractivity contribution < 1.29 is 14.4 Å². The zero-order valence-electron chi connectivity index (χ0n) is 12.2. The second-order valence-corrected chi connectivity index (χ2v) is 5.35. The van der Waals surface area contributed by atoms with Gasteiger partial charge in [0.25, 0.3) is 0 Å². The van der Waals surface area contributed by atoms with E-state index in [2.05, 4.69) is 0 Å². The molecule has 114 valence electrons. The van der Waals surface area contributed by atoms with Crippen molar-refractivity contribution in [3.8, 4) is 11.1 Å². The van der Waals surface area contributed by atoms with E-state index in [1.165, 1.54) is 5.06 Å². The van der Waals surface area contributed by atoms with Crippen molar-refractivity contribution in [1.29, 1.82) is 0 Å². The lowest BCUT2D eigenvalue weighted by atomic mass is 10.0. The number of fused-ring (bicyclic) bond motifs is 1. The first-order chi connectivity index (χ1) is 10.7. The number of carbonyl (C=O) groups is 1. The lowest BCUT2D eigenvalue weighted by Crippen LogP contribution is -2.27. The number of esters is 1. The van der Waals surface area contributed by atoms with Gasteiger partial charge in [0, 0.05) is 11.1 Å². The number of hydrogen-bond acceptors (Lipinski definition) is 4. The zero-order chi connectivity index (χ0) is 15.5. The third kappa shape index (κ3) is 2.93. The van der Waals surface area contributed by atoms with E-state index in [0.717, 1.165) is 22.4 Å². The van der Waals surface area contributed by atoms with Gasteiger partial charge in [0.1, 0.15) is 13.2 Å². The summed E-state index contributed by atoms with van der Waals surface area (Å²) in [5, 5.41) is 2.16. The molecular formula is C17H16ClNO3. The molecule has 0 aromatic heterocycles. The maximum atomic E-state index is 11.6. The smallest absolute Gasteiger partial charge is 0.328 e. The standard InChI is InChI=1S/C17H16ClNO3/c1-2-21-17(20)10-19-16-9-15(18)14(8-13(16)11-22-19)12-6-4-3-5-7-12/h3-9H,2,10-11H2,1H3. The van der Waals surface area contributed by atoms with Crippen LogP contribution in [0.2, 0.25) is 5.02 Å².